The largest absolute Gasteiger partial charge is 0.302 e. The lowest BCUT2D eigenvalue weighted by molar-refractivity contribution is 0.318. The van der Waals surface area contributed by atoms with Crippen molar-refractivity contribution in [3.63, 3.8) is 0 Å². The Morgan fingerprint density at radius 1 is 1.25 bits per heavy atom. The SMILES string of the molecule is CCCCCN(C)Cc1ccccc1C#N. The lowest BCUT2D eigenvalue weighted by atomic mass is 10.1. The van der Waals surface area contributed by atoms with Gasteiger partial charge in [0, 0.05) is 6.54 Å². The van der Waals surface area contributed by atoms with Crippen molar-refractivity contribution in [1.82, 2.24) is 4.90 Å². The third-order valence-corrected chi connectivity index (χ3v) is 2.72. The van der Waals surface area contributed by atoms with Crippen molar-refractivity contribution in [2.75, 3.05) is 13.6 Å². The summed E-state index contributed by atoms with van der Waals surface area (Å²) >= 11 is 0. The van der Waals surface area contributed by atoms with Crippen LogP contribution in [0.1, 0.15) is 37.3 Å². The number of rotatable bonds is 6. The van der Waals surface area contributed by atoms with Gasteiger partial charge in [-0.1, -0.05) is 38.0 Å². The molecule has 0 atom stereocenters. The van der Waals surface area contributed by atoms with E-state index in [2.05, 4.69) is 24.9 Å². The summed E-state index contributed by atoms with van der Waals surface area (Å²) in [6.07, 6.45) is 3.77. The van der Waals surface area contributed by atoms with E-state index in [0.717, 1.165) is 24.2 Å². The molecular formula is C14H20N2. The molecule has 0 aliphatic carbocycles. The molecule has 1 rings (SSSR count). The summed E-state index contributed by atoms with van der Waals surface area (Å²) < 4.78 is 0. The highest BCUT2D eigenvalue weighted by Crippen LogP contribution is 2.10. The third-order valence-electron chi connectivity index (χ3n) is 2.72. The van der Waals surface area contributed by atoms with E-state index in [4.69, 9.17) is 5.26 Å². The van der Waals surface area contributed by atoms with Gasteiger partial charge in [-0.25, -0.2) is 0 Å². The first kappa shape index (κ1) is 12.7. The van der Waals surface area contributed by atoms with Crippen molar-refractivity contribution in [3.8, 4) is 6.07 Å². The molecule has 2 heteroatoms. The van der Waals surface area contributed by atoms with E-state index in [1.165, 1.54) is 19.3 Å². The van der Waals surface area contributed by atoms with Gasteiger partial charge in [-0.3, -0.25) is 0 Å². The van der Waals surface area contributed by atoms with Gasteiger partial charge in [-0.15, -0.1) is 0 Å². The van der Waals surface area contributed by atoms with E-state index >= 15 is 0 Å². The third kappa shape index (κ3) is 4.04. The van der Waals surface area contributed by atoms with E-state index in [9.17, 15) is 0 Å². The fourth-order valence-corrected chi connectivity index (χ4v) is 1.77. The minimum Gasteiger partial charge on any atom is -0.302 e. The highest BCUT2D eigenvalue weighted by molar-refractivity contribution is 5.37. The molecule has 0 aromatic heterocycles. The summed E-state index contributed by atoms with van der Waals surface area (Å²) in [5.41, 5.74) is 1.92. The predicted octanol–water partition coefficient (Wildman–Crippen LogP) is 3.18. The summed E-state index contributed by atoms with van der Waals surface area (Å²) in [4.78, 5) is 2.28. The number of hydrogen-bond donors (Lipinski definition) is 0. The molecule has 2 nitrogen and oxygen atoms in total. The first-order valence-corrected chi connectivity index (χ1v) is 5.94. The number of nitrogens with zero attached hydrogens (tertiary/aromatic N) is 2. The molecule has 1 aromatic carbocycles. The fourth-order valence-electron chi connectivity index (χ4n) is 1.77. The second-order valence-corrected chi connectivity index (χ2v) is 4.21. The molecule has 0 aliphatic rings. The van der Waals surface area contributed by atoms with Crippen LogP contribution in [0.15, 0.2) is 24.3 Å². The van der Waals surface area contributed by atoms with Crippen LogP contribution in [0.5, 0.6) is 0 Å². The Morgan fingerprint density at radius 3 is 2.69 bits per heavy atom. The maximum Gasteiger partial charge on any atom is 0.0995 e. The monoisotopic (exact) mass is 216 g/mol. The van der Waals surface area contributed by atoms with E-state index in [-0.39, 0.29) is 0 Å². The molecule has 0 radical (unpaired) electrons. The summed E-state index contributed by atoms with van der Waals surface area (Å²) in [5.74, 6) is 0. The van der Waals surface area contributed by atoms with Crippen LogP contribution in [-0.4, -0.2) is 18.5 Å². The molecule has 0 amide bonds. The highest BCUT2D eigenvalue weighted by atomic mass is 15.1. The topological polar surface area (TPSA) is 27.0 Å². The maximum atomic E-state index is 8.98. The van der Waals surface area contributed by atoms with Crippen LogP contribution in [-0.2, 0) is 6.54 Å². The molecule has 0 unspecified atom stereocenters. The highest BCUT2D eigenvalue weighted by Gasteiger charge is 2.04. The normalized spacial score (nSPS) is 10.4. The Bertz CT molecular complexity index is 352. The lowest BCUT2D eigenvalue weighted by Crippen LogP contribution is -2.19. The van der Waals surface area contributed by atoms with Gasteiger partial charge in [-0.2, -0.15) is 5.26 Å². The van der Waals surface area contributed by atoms with Gasteiger partial charge < -0.3 is 4.90 Å². The smallest absolute Gasteiger partial charge is 0.0995 e. The van der Waals surface area contributed by atoms with Crippen LogP contribution in [0.25, 0.3) is 0 Å². The Hall–Kier alpha value is -1.33. The van der Waals surface area contributed by atoms with Crippen LogP contribution in [0.2, 0.25) is 0 Å². The van der Waals surface area contributed by atoms with Crippen molar-refractivity contribution >= 4 is 0 Å². The molecule has 0 aliphatic heterocycles. The van der Waals surface area contributed by atoms with E-state index < -0.39 is 0 Å². The number of nitriles is 1. The first-order valence-electron chi connectivity index (χ1n) is 5.94. The van der Waals surface area contributed by atoms with Crippen molar-refractivity contribution < 1.29 is 0 Å². The first-order chi connectivity index (χ1) is 7.77. The van der Waals surface area contributed by atoms with Gasteiger partial charge in [-0.05, 0) is 31.6 Å². The zero-order valence-corrected chi connectivity index (χ0v) is 10.2. The quantitative estimate of drug-likeness (QED) is 0.683. The lowest BCUT2D eigenvalue weighted by Gasteiger charge is -2.17. The van der Waals surface area contributed by atoms with E-state index in [1.807, 2.05) is 24.3 Å². The summed E-state index contributed by atoms with van der Waals surface area (Å²) in [5, 5.41) is 8.98. The molecule has 0 heterocycles. The number of benzene rings is 1. The predicted molar refractivity (Wildman–Crippen MR) is 67.0 cm³/mol. The number of unbranched alkanes of at least 4 members (excludes halogenated alkanes) is 2. The minimum atomic E-state index is 0.796. The molecule has 1 aromatic rings. The molecule has 0 N–H and O–H groups in total. The zero-order chi connectivity index (χ0) is 11.8. The number of hydrogen-bond acceptors (Lipinski definition) is 2. The molecule has 86 valence electrons. The Kier molecular flexibility index (Phi) is 5.60. The van der Waals surface area contributed by atoms with Crippen LogP contribution in [0, 0.1) is 11.3 Å². The summed E-state index contributed by atoms with van der Waals surface area (Å²) in [6.45, 7) is 4.19. The average Bonchev–Trinajstić information content (AvgIpc) is 2.30. The Labute approximate surface area is 98.5 Å². The van der Waals surface area contributed by atoms with Crippen molar-refractivity contribution in [3.05, 3.63) is 35.4 Å². The van der Waals surface area contributed by atoms with Crippen LogP contribution < -0.4 is 0 Å². The van der Waals surface area contributed by atoms with E-state index in [1.54, 1.807) is 0 Å². The average molecular weight is 216 g/mol. The standard InChI is InChI=1S/C14H20N2/c1-3-4-7-10-16(2)12-14-9-6-5-8-13(14)11-15/h5-6,8-9H,3-4,7,10,12H2,1-2H3. The van der Waals surface area contributed by atoms with Crippen LogP contribution in [0.3, 0.4) is 0 Å². The van der Waals surface area contributed by atoms with Gasteiger partial charge in [0.1, 0.15) is 0 Å². The summed E-state index contributed by atoms with van der Waals surface area (Å²) in [6, 6.07) is 10.1. The molecule has 0 saturated carbocycles. The van der Waals surface area contributed by atoms with Gasteiger partial charge in [0.25, 0.3) is 0 Å². The van der Waals surface area contributed by atoms with Crippen molar-refractivity contribution in [1.29, 1.82) is 5.26 Å². The van der Waals surface area contributed by atoms with Crippen LogP contribution in [0.4, 0.5) is 0 Å². The van der Waals surface area contributed by atoms with Gasteiger partial charge in [0.05, 0.1) is 11.6 Å². The Morgan fingerprint density at radius 2 is 2.00 bits per heavy atom. The fraction of sp³-hybridized carbons (Fsp3) is 0.500. The van der Waals surface area contributed by atoms with Gasteiger partial charge in [0.15, 0.2) is 0 Å². The van der Waals surface area contributed by atoms with Crippen molar-refractivity contribution in [2.24, 2.45) is 0 Å². The molecule has 16 heavy (non-hydrogen) atoms. The second-order valence-electron chi connectivity index (χ2n) is 4.21. The molecule has 0 fully saturated rings. The Balaban J connectivity index is 2.49. The minimum absolute atomic E-state index is 0.796. The second kappa shape index (κ2) is 7.03. The molecular weight excluding hydrogens is 196 g/mol. The van der Waals surface area contributed by atoms with E-state index in [0.29, 0.717) is 0 Å². The van der Waals surface area contributed by atoms with Gasteiger partial charge >= 0.3 is 0 Å². The molecule has 0 saturated heterocycles. The molecule has 0 bridgehead atoms. The zero-order valence-electron chi connectivity index (χ0n) is 10.2. The van der Waals surface area contributed by atoms with Gasteiger partial charge in [0.2, 0.25) is 0 Å². The van der Waals surface area contributed by atoms with Crippen LogP contribution >= 0.6 is 0 Å². The maximum absolute atomic E-state index is 8.98. The summed E-state index contributed by atoms with van der Waals surface area (Å²) in [7, 11) is 2.11. The molecule has 0 spiro atoms. The van der Waals surface area contributed by atoms with Crippen molar-refractivity contribution in [2.45, 2.75) is 32.7 Å².